The molecule has 0 aromatic carbocycles. The second-order valence-electron chi connectivity index (χ2n) is 3.13. The van der Waals surface area contributed by atoms with E-state index < -0.39 is 0 Å². The number of nitriles is 1. The Balaban J connectivity index is 2.93. The Kier molecular flexibility index (Phi) is 4.30. The Morgan fingerprint density at radius 1 is 1.47 bits per heavy atom. The fraction of sp³-hybridized carbons (Fsp3) is 0.231. The average Bonchev–Trinajstić information content (AvgIpc) is 2.28. The van der Waals surface area contributed by atoms with Crippen molar-refractivity contribution in [2.24, 2.45) is 0 Å². The summed E-state index contributed by atoms with van der Waals surface area (Å²) >= 11 is 0. The van der Waals surface area contributed by atoms with Crippen LogP contribution in [0.1, 0.15) is 25.1 Å². The highest BCUT2D eigenvalue weighted by Crippen LogP contribution is 2.13. The lowest BCUT2D eigenvalue weighted by atomic mass is 10.1. The van der Waals surface area contributed by atoms with Crippen LogP contribution in [0.2, 0.25) is 0 Å². The van der Waals surface area contributed by atoms with Gasteiger partial charge in [-0.1, -0.05) is 24.3 Å². The summed E-state index contributed by atoms with van der Waals surface area (Å²) in [6, 6.07) is 5.99. The van der Waals surface area contributed by atoms with E-state index in [1.165, 1.54) is 0 Å². The van der Waals surface area contributed by atoms with Crippen LogP contribution >= 0.6 is 0 Å². The van der Waals surface area contributed by atoms with Crippen LogP contribution in [0, 0.1) is 11.3 Å². The van der Waals surface area contributed by atoms with Gasteiger partial charge in [-0.3, -0.25) is 4.98 Å². The van der Waals surface area contributed by atoms with Crippen LogP contribution in [0.5, 0.6) is 0 Å². The number of pyridine rings is 1. The molecule has 0 radical (unpaired) electrons. The number of hydrogen-bond donors (Lipinski definition) is 0. The van der Waals surface area contributed by atoms with E-state index in [4.69, 9.17) is 5.26 Å². The van der Waals surface area contributed by atoms with Crippen LogP contribution in [0.25, 0.3) is 5.57 Å². The van der Waals surface area contributed by atoms with Crippen molar-refractivity contribution in [1.82, 2.24) is 4.98 Å². The maximum atomic E-state index is 8.53. The third-order valence-electron chi connectivity index (χ3n) is 2.06. The predicted molar refractivity (Wildman–Crippen MR) is 62.0 cm³/mol. The van der Waals surface area contributed by atoms with Crippen molar-refractivity contribution in [1.29, 1.82) is 5.26 Å². The van der Waals surface area contributed by atoms with Gasteiger partial charge in [-0.05, 0) is 31.1 Å². The third-order valence-corrected chi connectivity index (χ3v) is 2.06. The zero-order valence-corrected chi connectivity index (χ0v) is 9.07. The SMILES string of the molecule is C/C=C\C(=C/C)c1ccc(CC#N)cn1. The van der Waals surface area contributed by atoms with E-state index in [0.29, 0.717) is 6.42 Å². The molecule has 0 aliphatic carbocycles. The van der Waals surface area contributed by atoms with E-state index in [2.05, 4.69) is 11.1 Å². The molecule has 0 aliphatic rings. The van der Waals surface area contributed by atoms with Crippen molar-refractivity contribution in [2.45, 2.75) is 20.3 Å². The Morgan fingerprint density at radius 3 is 2.73 bits per heavy atom. The minimum atomic E-state index is 0.419. The summed E-state index contributed by atoms with van der Waals surface area (Å²) in [7, 11) is 0. The fourth-order valence-corrected chi connectivity index (χ4v) is 1.30. The van der Waals surface area contributed by atoms with E-state index in [1.54, 1.807) is 6.20 Å². The summed E-state index contributed by atoms with van der Waals surface area (Å²) in [6.07, 6.45) is 8.20. The third kappa shape index (κ3) is 3.07. The first kappa shape index (κ1) is 11.2. The maximum Gasteiger partial charge on any atom is 0.0698 e. The van der Waals surface area contributed by atoms with Gasteiger partial charge in [0.2, 0.25) is 0 Å². The molecule has 15 heavy (non-hydrogen) atoms. The minimum Gasteiger partial charge on any atom is -0.256 e. The number of hydrogen-bond acceptors (Lipinski definition) is 2. The highest BCUT2D eigenvalue weighted by Gasteiger charge is 1.98. The summed E-state index contributed by atoms with van der Waals surface area (Å²) in [5.74, 6) is 0. The molecule has 1 heterocycles. The van der Waals surface area contributed by atoms with E-state index in [-0.39, 0.29) is 0 Å². The molecule has 1 rings (SSSR count). The molecule has 76 valence electrons. The molecule has 0 aliphatic heterocycles. The van der Waals surface area contributed by atoms with E-state index in [1.807, 2.05) is 44.2 Å². The second-order valence-corrected chi connectivity index (χ2v) is 3.13. The Hall–Kier alpha value is -1.88. The summed E-state index contributed by atoms with van der Waals surface area (Å²) < 4.78 is 0. The van der Waals surface area contributed by atoms with Gasteiger partial charge in [0, 0.05) is 6.20 Å². The van der Waals surface area contributed by atoms with Crippen LogP contribution in [-0.4, -0.2) is 4.98 Å². The first-order chi connectivity index (χ1) is 7.31. The van der Waals surface area contributed by atoms with Gasteiger partial charge in [0.05, 0.1) is 18.2 Å². The van der Waals surface area contributed by atoms with Gasteiger partial charge in [0.1, 0.15) is 0 Å². The molecule has 1 aromatic rings. The summed E-state index contributed by atoms with van der Waals surface area (Å²) in [5, 5.41) is 8.53. The molecule has 2 nitrogen and oxygen atoms in total. The summed E-state index contributed by atoms with van der Waals surface area (Å²) in [6.45, 7) is 3.97. The number of allylic oxidation sites excluding steroid dienone is 4. The van der Waals surface area contributed by atoms with E-state index in [0.717, 1.165) is 16.8 Å². The zero-order valence-electron chi connectivity index (χ0n) is 9.07. The molecule has 0 N–H and O–H groups in total. The van der Waals surface area contributed by atoms with Crippen molar-refractivity contribution in [3.8, 4) is 6.07 Å². The van der Waals surface area contributed by atoms with Crippen LogP contribution in [0.15, 0.2) is 36.6 Å². The fourth-order valence-electron chi connectivity index (χ4n) is 1.30. The maximum absolute atomic E-state index is 8.53. The van der Waals surface area contributed by atoms with Gasteiger partial charge in [0.25, 0.3) is 0 Å². The van der Waals surface area contributed by atoms with Gasteiger partial charge in [-0.2, -0.15) is 5.26 Å². The first-order valence-electron chi connectivity index (χ1n) is 4.93. The minimum absolute atomic E-state index is 0.419. The Labute approximate surface area is 90.6 Å². The number of rotatable bonds is 3. The number of nitrogens with zero attached hydrogens (tertiary/aromatic N) is 2. The molecule has 0 amide bonds. The van der Waals surface area contributed by atoms with Gasteiger partial charge < -0.3 is 0 Å². The van der Waals surface area contributed by atoms with Gasteiger partial charge >= 0.3 is 0 Å². The summed E-state index contributed by atoms with van der Waals surface area (Å²) in [5.41, 5.74) is 3.00. The van der Waals surface area contributed by atoms with Gasteiger partial charge in [0.15, 0.2) is 0 Å². The molecular weight excluding hydrogens is 184 g/mol. The van der Waals surface area contributed by atoms with E-state index >= 15 is 0 Å². The molecule has 0 spiro atoms. The lowest BCUT2D eigenvalue weighted by Crippen LogP contribution is -1.89. The number of aromatic nitrogens is 1. The topological polar surface area (TPSA) is 36.7 Å². The van der Waals surface area contributed by atoms with Crippen LogP contribution in [-0.2, 0) is 6.42 Å². The Morgan fingerprint density at radius 2 is 2.27 bits per heavy atom. The van der Waals surface area contributed by atoms with Gasteiger partial charge in [-0.25, -0.2) is 0 Å². The van der Waals surface area contributed by atoms with Crippen molar-refractivity contribution >= 4 is 5.57 Å². The molecule has 0 saturated carbocycles. The van der Waals surface area contributed by atoms with Crippen LogP contribution in [0.4, 0.5) is 0 Å². The molecule has 0 atom stereocenters. The second kappa shape index (κ2) is 5.77. The lowest BCUT2D eigenvalue weighted by molar-refractivity contribution is 1.17. The van der Waals surface area contributed by atoms with Crippen molar-refractivity contribution in [2.75, 3.05) is 0 Å². The normalized spacial score (nSPS) is 11.7. The van der Waals surface area contributed by atoms with Crippen LogP contribution in [0.3, 0.4) is 0 Å². The molecule has 0 saturated heterocycles. The smallest absolute Gasteiger partial charge is 0.0698 e. The molecule has 0 bridgehead atoms. The quantitative estimate of drug-likeness (QED) is 0.699. The van der Waals surface area contributed by atoms with Crippen molar-refractivity contribution in [3.05, 3.63) is 47.8 Å². The lowest BCUT2D eigenvalue weighted by Gasteiger charge is -2.01. The highest BCUT2D eigenvalue weighted by molar-refractivity contribution is 5.71. The Bertz CT molecular complexity index is 405. The average molecular weight is 198 g/mol. The molecular formula is C13H14N2. The molecule has 0 fully saturated rings. The largest absolute Gasteiger partial charge is 0.256 e. The molecule has 0 unspecified atom stereocenters. The zero-order chi connectivity index (χ0) is 11.1. The van der Waals surface area contributed by atoms with Crippen molar-refractivity contribution in [3.63, 3.8) is 0 Å². The van der Waals surface area contributed by atoms with E-state index in [9.17, 15) is 0 Å². The first-order valence-corrected chi connectivity index (χ1v) is 4.93. The van der Waals surface area contributed by atoms with Crippen molar-refractivity contribution < 1.29 is 0 Å². The molecule has 1 aromatic heterocycles. The monoisotopic (exact) mass is 198 g/mol. The molecule has 2 heteroatoms. The standard InChI is InChI=1S/C13H14N2/c1-3-5-12(4-2)13-7-6-11(8-9-14)10-15-13/h3-7,10H,8H2,1-2H3/b5-3-,12-4+. The summed E-state index contributed by atoms with van der Waals surface area (Å²) in [4.78, 5) is 4.32. The van der Waals surface area contributed by atoms with Crippen LogP contribution < -0.4 is 0 Å². The predicted octanol–water partition coefficient (Wildman–Crippen LogP) is 3.13. The van der Waals surface area contributed by atoms with Gasteiger partial charge in [-0.15, -0.1) is 0 Å². The highest BCUT2D eigenvalue weighted by atomic mass is 14.7.